The first-order chi connectivity index (χ1) is 9.65. The molecule has 0 aliphatic heterocycles. The number of rotatable bonds is 5. The second kappa shape index (κ2) is 6.75. The summed E-state index contributed by atoms with van der Waals surface area (Å²) in [5.41, 5.74) is 5.92. The molecule has 0 spiro atoms. The summed E-state index contributed by atoms with van der Waals surface area (Å²) < 4.78 is 5.52. The van der Waals surface area contributed by atoms with Crippen molar-refractivity contribution in [1.82, 2.24) is 5.43 Å². The molecular weight excluding hydrogens is 272 g/mol. The van der Waals surface area contributed by atoms with Crippen molar-refractivity contribution in [3.63, 3.8) is 0 Å². The molecule has 0 aromatic heterocycles. The molecule has 20 heavy (non-hydrogen) atoms. The van der Waals surface area contributed by atoms with Gasteiger partial charge in [0.05, 0.1) is 12.6 Å². The molecule has 2 rings (SSSR count). The number of nitrogens with one attached hydrogen (secondary N) is 1. The van der Waals surface area contributed by atoms with E-state index in [1.807, 2.05) is 56.3 Å². The Morgan fingerprint density at radius 1 is 1.25 bits per heavy atom. The third-order valence-corrected chi connectivity index (χ3v) is 3.46. The molecule has 3 N–H and O–H groups in total. The predicted octanol–water partition coefficient (Wildman–Crippen LogP) is 3.60. The van der Waals surface area contributed by atoms with Gasteiger partial charge >= 0.3 is 0 Å². The number of nitrogens with two attached hydrogens (primary N) is 1. The fraction of sp³-hybridized carbons (Fsp3) is 0.250. The molecule has 0 aliphatic rings. The molecule has 3 nitrogen and oxygen atoms in total. The van der Waals surface area contributed by atoms with Crippen LogP contribution in [0, 0.1) is 6.92 Å². The number of hydrogen-bond acceptors (Lipinski definition) is 3. The van der Waals surface area contributed by atoms with Gasteiger partial charge in [0.1, 0.15) is 5.75 Å². The SMILES string of the molecule is CCOc1cccc(C(NN)c2ccc(C)cc2Cl)c1. The molecule has 0 aliphatic carbocycles. The van der Waals surface area contributed by atoms with Crippen molar-refractivity contribution in [2.45, 2.75) is 19.9 Å². The van der Waals surface area contributed by atoms with E-state index in [9.17, 15) is 0 Å². The predicted molar refractivity (Wildman–Crippen MR) is 83.0 cm³/mol. The summed E-state index contributed by atoms with van der Waals surface area (Å²) in [7, 11) is 0. The van der Waals surface area contributed by atoms with Crippen LogP contribution >= 0.6 is 11.6 Å². The third kappa shape index (κ3) is 3.31. The molecule has 0 saturated heterocycles. The van der Waals surface area contributed by atoms with Crippen molar-refractivity contribution in [2.24, 2.45) is 5.84 Å². The number of benzene rings is 2. The minimum Gasteiger partial charge on any atom is -0.494 e. The second-order valence-electron chi connectivity index (χ2n) is 4.63. The standard InChI is InChI=1S/C16H19ClN2O/c1-3-20-13-6-4-5-12(10-13)16(19-18)14-8-7-11(2)9-15(14)17/h4-10,16,19H,3,18H2,1-2H3. The van der Waals surface area contributed by atoms with E-state index in [0.717, 1.165) is 22.4 Å². The van der Waals surface area contributed by atoms with Gasteiger partial charge in [-0.2, -0.15) is 0 Å². The summed E-state index contributed by atoms with van der Waals surface area (Å²) in [6, 6.07) is 13.7. The summed E-state index contributed by atoms with van der Waals surface area (Å²) in [5, 5.41) is 0.703. The molecule has 0 bridgehead atoms. The van der Waals surface area contributed by atoms with Crippen LogP contribution in [-0.4, -0.2) is 6.61 Å². The zero-order chi connectivity index (χ0) is 14.5. The zero-order valence-electron chi connectivity index (χ0n) is 11.7. The van der Waals surface area contributed by atoms with Crippen molar-refractivity contribution < 1.29 is 4.74 Å². The Morgan fingerprint density at radius 2 is 2.05 bits per heavy atom. The molecule has 1 atom stereocenters. The fourth-order valence-electron chi connectivity index (χ4n) is 2.18. The summed E-state index contributed by atoms with van der Waals surface area (Å²) in [6.45, 7) is 4.61. The van der Waals surface area contributed by atoms with Crippen LogP contribution in [0.4, 0.5) is 0 Å². The van der Waals surface area contributed by atoms with Crippen molar-refractivity contribution in [1.29, 1.82) is 0 Å². The monoisotopic (exact) mass is 290 g/mol. The van der Waals surface area contributed by atoms with Crippen LogP contribution in [0.15, 0.2) is 42.5 Å². The van der Waals surface area contributed by atoms with E-state index in [-0.39, 0.29) is 6.04 Å². The number of hydrazine groups is 1. The molecule has 1 unspecified atom stereocenters. The molecule has 0 amide bonds. The van der Waals surface area contributed by atoms with Crippen molar-refractivity contribution >= 4 is 11.6 Å². The van der Waals surface area contributed by atoms with Crippen molar-refractivity contribution in [3.05, 3.63) is 64.2 Å². The van der Waals surface area contributed by atoms with Crippen LogP contribution in [0.25, 0.3) is 0 Å². The van der Waals surface area contributed by atoms with Gasteiger partial charge in [-0.05, 0) is 48.7 Å². The molecular formula is C16H19ClN2O. The van der Waals surface area contributed by atoms with Gasteiger partial charge in [-0.1, -0.05) is 35.9 Å². The van der Waals surface area contributed by atoms with Gasteiger partial charge in [-0.25, -0.2) is 5.43 Å². The number of hydrogen-bond donors (Lipinski definition) is 2. The number of aryl methyl sites for hydroxylation is 1. The first-order valence-electron chi connectivity index (χ1n) is 6.60. The Kier molecular flexibility index (Phi) is 5.01. The van der Waals surface area contributed by atoms with Gasteiger partial charge in [0, 0.05) is 5.02 Å². The van der Waals surface area contributed by atoms with Crippen molar-refractivity contribution in [3.8, 4) is 5.75 Å². The van der Waals surface area contributed by atoms with Gasteiger partial charge in [-0.15, -0.1) is 0 Å². The summed E-state index contributed by atoms with van der Waals surface area (Å²) >= 11 is 6.33. The average molecular weight is 291 g/mol. The van der Waals surface area contributed by atoms with Gasteiger partial charge < -0.3 is 4.74 Å². The van der Waals surface area contributed by atoms with E-state index in [4.69, 9.17) is 22.2 Å². The highest BCUT2D eigenvalue weighted by atomic mass is 35.5. The van der Waals surface area contributed by atoms with Gasteiger partial charge in [0.15, 0.2) is 0 Å². The molecule has 0 radical (unpaired) electrons. The van der Waals surface area contributed by atoms with Gasteiger partial charge in [0.25, 0.3) is 0 Å². The minimum absolute atomic E-state index is 0.163. The number of halogens is 1. The Labute approximate surface area is 124 Å². The maximum Gasteiger partial charge on any atom is 0.119 e. The Hall–Kier alpha value is -1.55. The molecule has 0 heterocycles. The average Bonchev–Trinajstić information content (AvgIpc) is 2.43. The largest absolute Gasteiger partial charge is 0.494 e. The van der Waals surface area contributed by atoms with E-state index in [1.165, 1.54) is 0 Å². The number of ether oxygens (including phenoxy) is 1. The molecule has 2 aromatic rings. The van der Waals surface area contributed by atoms with E-state index in [2.05, 4.69) is 5.43 Å². The molecule has 2 aromatic carbocycles. The van der Waals surface area contributed by atoms with Gasteiger partial charge in [0.2, 0.25) is 0 Å². The summed E-state index contributed by atoms with van der Waals surface area (Å²) in [4.78, 5) is 0. The topological polar surface area (TPSA) is 47.3 Å². The quantitative estimate of drug-likeness (QED) is 0.653. The Balaban J connectivity index is 2.38. The Bertz CT molecular complexity index is 586. The van der Waals surface area contributed by atoms with E-state index < -0.39 is 0 Å². The normalized spacial score (nSPS) is 12.2. The summed E-state index contributed by atoms with van der Waals surface area (Å²) in [5.74, 6) is 6.55. The summed E-state index contributed by atoms with van der Waals surface area (Å²) in [6.07, 6.45) is 0. The van der Waals surface area contributed by atoms with E-state index in [0.29, 0.717) is 11.6 Å². The lowest BCUT2D eigenvalue weighted by Crippen LogP contribution is -2.29. The van der Waals surface area contributed by atoms with E-state index in [1.54, 1.807) is 0 Å². The second-order valence-corrected chi connectivity index (χ2v) is 5.04. The van der Waals surface area contributed by atoms with Crippen molar-refractivity contribution in [2.75, 3.05) is 6.61 Å². The first-order valence-corrected chi connectivity index (χ1v) is 6.98. The van der Waals surface area contributed by atoms with Crippen LogP contribution in [0.1, 0.15) is 29.7 Å². The third-order valence-electron chi connectivity index (χ3n) is 3.14. The lowest BCUT2D eigenvalue weighted by Gasteiger charge is -2.19. The highest BCUT2D eigenvalue weighted by Crippen LogP contribution is 2.30. The maximum atomic E-state index is 6.33. The molecule has 106 valence electrons. The first kappa shape index (κ1) is 14.9. The molecule has 0 saturated carbocycles. The highest BCUT2D eigenvalue weighted by Gasteiger charge is 2.16. The molecule has 0 fully saturated rings. The van der Waals surface area contributed by atoms with Crippen LogP contribution in [0.5, 0.6) is 5.75 Å². The smallest absolute Gasteiger partial charge is 0.119 e. The Morgan fingerprint density at radius 3 is 2.70 bits per heavy atom. The van der Waals surface area contributed by atoms with Gasteiger partial charge in [-0.3, -0.25) is 5.84 Å². The minimum atomic E-state index is -0.163. The maximum absolute atomic E-state index is 6.33. The lowest BCUT2D eigenvalue weighted by atomic mass is 9.98. The zero-order valence-corrected chi connectivity index (χ0v) is 12.4. The highest BCUT2D eigenvalue weighted by molar-refractivity contribution is 6.31. The van der Waals surface area contributed by atoms with Crippen LogP contribution in [0.2, 0.25) is 5.02 Å². The van der Waals surface area contributed by atoms with Crippen LogP contribution < -0.4 is 16.0 Å². The molecule has 4 heteroatoms. The lowest BCUT2D eigenvalue weighted by molar-refractivity contribution is 0.339. The van der Waals surface area contributed by atoms with Crippen LogP contribution in [0.3, 0.4) is 0 Å². The van der Waals surface area contributed by atoms with E-state index >= 15 is 0 Å². The van der Waals surface area contributed by atoms with Crippen LogP contribution in [-0.2, 0) is 0 Å². The fourth-order valence-corrected chi connectivity index (χ4v) is 2.53.